The van der Waals surface area contributed by atoms with Crippen molar-refractivity contribution >= 4 is 5.97 Å². The van der Waals surface area contributed by atoms with Gasteiger partial charge in [0.15, 0.2) is 0 Å². The number of nitrogens with zero attached hydrogens (tertiary/aromatic N) is 1. The molecule has 0 fully saturated rings. The number of aromatic nitrogens is 1. The van der Waals surface area contributed by atoms with Crippen LogP contribution in [0.2, 0.25) is 0 Å². The standard InChI is InChI=1S/C12H7F2NO2/c13-8-2-3-10(14)9(5-8)7-1-4-11(12(16)17)15-6-7/h1-6H,(H,16,17). The predicted molar refractivity (Wildman–Crippen MR) is 56.5 cm³/mol. The molecule has 0 aliphatic carbocycles. The van der Waals surface area contributed by atoms with Crippen LogP contribution < -0.4 is 0 Å². The van der Waals surface area contributed by atoms with Gasteiger partial charge in [-0.15, -0.1) is 0 Å². The molecule has 0 unspecified atom stereocenters. The van der Waals surface area contributed by atoms with Gasteiger partial charge in [0.25, 0.3) is 0 Å². The van der Waals surface area contributed by atoms with Crippen molar-refractivity contribution in [3.63, 3.8) is 0 Å². The molecule has 2 rings (SSSR count). The van der Waals surface area contributed by atoms with Crippen LogP contribution in [-0.4, -0.2) is 16.1 Å². The Morgan fingerprint density at radius 1 is 1.18 bits per heavy atom. The summed E-state index contributed by atoms with van der Waals surface area (Å²) in [6.07, 6.45) is 1.20. The molecule has 0 saturated carbocycles. The van der Waals surface area contributed by atoms with Crippen molar-refractivity contribution in [2.45, 2.75) is 0 Å². The van der Waals surface area contributed by atoms with Gasteiger partial charge in [-0.2, -0.15) is 0 Å². The zero-order valence-electron chi connectivity index (χ0n) is 8.52. The molecule has 0 saturated heterocycles. The second-order valence-electron chi connectivity index (χ2n) is 3.36. The van der Waals surface area contributed by atoms with Gasteiger partial charge in [0.2, 0.25) is 0 Å². The Bertz CT molecular complexity index is 567. The van der Waals surface area contributed by atoms with Gasteiger partial charge in [0.05, 0.1) is 0 Å². The first kappa shape index (κ1) is 11.2. The SMILES string of the molecule is O=C(O)c1ccc(-c2cc(F)ccc2F)cn1. The fraction of sp³-hybridized carbons (Fsp3) is 0. The van der Waals surface area contributed by atoms with Crippen molar-refractivity contribution in [3.05, 3.63) is 53.9 Å². The first-order valence-electron chi connectivity index (χ1n) is 4.72. The minimum atomic E-state index is -1.17. The third-order valence-electron chi connectivity index (χ3n) is 2.22. The van der Waals surface area contributed by atoms with Gasteiger partial charge in [-0.05, 0) is 24.3 Å². The number of pyridine rings is 1. The molecule has 3 nitrogen and oxygen atoms in total. The number of carboxylic acids is 1. The van der Waals surface area contributed by atoms with E-state index in [0.717, 1.165) is 18.2 Å². The molecule has 1 N–H and O–H groups in total. The highest BCUT2D eigenvalue weighted by molar-refractivity contribution is 5.85. The molecular weight excluding hydrogens is 228 g/mol. The number of carbonyl (C=O) groups is 1. The predicted octanol–water partition coefficient (Wildman–Crippen LogP) is 2.73. The van der Waals surface area contributed by atoms with E-state index in [9.17, 15) is 13.6 Å². The molecule has 0 atom stereocenters. The molecule has 17 heavy (non-hydrogen) atoms. The summed E-state index contributed by atoms with van der Waals surface area (Å²) in [5.74, 6) is -2.32. The Morgan fingerprint density at radius 3 is 2.53 bits per heavy atom. The molecule has 1 heterocycles. The van der Waals surface area contributed by atoms with E-state index in [0.29, 0.717) is 5.56 Å². The lowest BCUT2D eigenvalue weighted by Crippen LogP contribution is -1.99. The normalized spacial score (nSPS) is 10.2. The summed E-state index contributed by atoms with van der Waals surface area (Å²) >= 11 is 0. The summed E-state index contributed by atoms with van der Waals surface area (Å²) in [6.45, 7) is 0. The number of halogens is 2. The summed E-state index contributed by atoms with van der Waals surface area (Å²) < 4.78 is 26.4. The lowest BCUT2D eigenvalue weighted by molar-refractivity contribution is 0.0690. The molecule has 2 aromatic rings. The van der Waals surface area contributed by atoms with Crippen molar-refractivity contribution < 1.29 is 18.7 Å². The second-order valence-corrected chi connectivity index (χ2v) is 3.36. The highest BCUT2D eigenvalue weighted by Gasteiger charge is 2.09. The summed E-state index contributed by atoms with van der Waals surface area (Å²) in [5, 5.41) is 8.65. The van der Waals surface area contributed by atoms with Gasteiger partial charge in [-0.25, -0.2) is 18.6 Å². The van der Waals surface area contributed by atoms with E-state index in [2.05, 4.69) is 4.98 Å². The van der Waals surface area contributed by atoms with E-state index < -0.39 is 17.6 Å². The first-order chi connectivity index (χ1) is 8.08. The van der Waals surface area contributed by atoms with E-state index in [4.69, 9.17) is 5.11 Å². The van der Waals surface area contributed by atoms with E-state index in [1.807, 2.05) is 0 Å². The number of rotatable bonds is 2. The maximum Gasteiger partial charge on any atom is 0.354 e. The van der Waals surface area contributed by atoms with Crippen molar-refractivity contribution in [3.8, 4) is 11.1 Å². The molecule has 86 valence electrons. The Hall–Kier alpha value is -2.30. The number of hydrogen-bond donors (Lipinski definition) is 1. The zero-order valence-corrected chi connectivity index (χ0v) is 8.52. The smallest absolute Gasteiger partial charge is 0.354 e. The molecule has 5 heteroatoms. The van der Waals surface area contributed by atoms with Crippen molar-refractivity contribution in [2.24, 2.45) is 0 Å². The van der Waals surface area contributed by atoms with E-state index in [-0.39, 0.29) is 11.3 Å². The largest absolute Gasteiger partial charge is 0.477 e. The average Bonchev–Trinajstić information content (AvgIpc) is 2.32. The lowest BCUT2D eigenvalue weighted by atomic mass is 10.1. The Labute approximate surface area is 95.4 Å². The quantitative estimate of drug-likeness (QED) is 0.870. The van der Waals surface area contributed by atoms with Crippen LogP contribution in [0.15, 0.2) is 36.5 Å². The molecule has 0 aliphatic heterocycles. The second kappa shape index (κ2) is 4.29. The van der Waals surface area contributed by atoms with Crippen LogP contribution >= 0.6 is 0 Å². The van der Waals surface area contributed by atoms with E-state index >= 15 is 0 Å². The van der Waals surface area contributed by atoms with Crippen LogP contribution in [0.4, 0.5) is 8.78 Å². The van der Waals surface area contributed by atoms with Gasteiger partial charge in [-0.3, -0.25) is 0 Å². The van der Waals surface area contributed by atoms with Crippen LogP contribution in [0.1, 0.15) is 10.5 Å². The van der Waals surface area contributed by atoms with Gasteiger partial charge >= 0.3 is 5.97 Å². The molecule has 0 spiro atoms. The summed E-state index contributed by atoms with van der Waals surface area (Å²) in [5.41, 5.74) is 0.229. The Kier molecular flexibility index (Phi) is 2.82. The highest BCUT2D eigenvalue weighted by atomic mass is 19.1. The maximum atomic E-state index is 13.4. The third kappa shape index (κ3) is 2.28. The van der Waals surface area contributed by atoms with Gasteiger partial charge < -0.3 is 5.11 Å². The van der Waals surface area contributed by atoms with Gasteiger partial charge in [-0.1, -0.05) is 6.07 Å². The van der Waals surface area contributed by atoms with Gasteiger partial charge in [0.1, 0.15) is 17.3 Å². The Balaban J connectivity index is 2.46. The third-order valence-corrected chi connectivity index (χ3v) is 2.22. The zero-order chi connectivity index (χ0) is 12.4. The van der Waals surface area contributed by atoms with Crippen LogP contribution in [0.5, 0.6) is 0 Å². The summed E-state index contributed by atoms with van der Waals surface area (Å²) in [7, 11) is 0. The molecule has 0 amide bonds. The van der Waals surface area contributed by atoms with Crippen LogP contribution in [0.25, 0.3) is 11.1 Å². The average molecular weight is 235 g/mol. The summed E-state index contributed by atoms with van der Waals surface area (Å²) in [6, 6.07) is 5.68. The van der Waals surface area contributed by atoms with Crippen LogP contribution in [0.3, 0.4) is 0 Å². The topological polar surface area (TPSA) is 50.2 Å². The number of hydrogen-bond acceptors (Lipinski definition) is 2. The number of benzene rings is 1. The molecule has 1 aromatic heterocycles. The van der Waals surface area contributed by atoms with Crippen molar-refractivity contribution in [1.82, 2.24) is 4.98 Å². The highest BCUT2D eigenvalue weighted by Crippen LogP contribution is 2.23. The van der Waals surface area contributed by atoms with E-state index in [1.54, 1.807) is 0 Å². The van der Waals surface area contributed by atoms with E-state index in [1.165, 1.54) is 18.3 Å². The number of aromatic carboxylic acids is 1. The number of carboxylic acid groups (broad SMARTS) is 1. The fourth-order valence-corrected chi connectivity index (χ4v) is 1.40. The summed E-state index contributed by atoms with van der Waals surface area (Å²) in [4.78, 5) is 14.2. The molecule has 0 radical (unpaired) electrons. The van der Waals surface area contributed by atoms with Crippen LogP contribution in [-0.2, 0) is 0 Å². The minimum Gasteiger partial charge on any atom is -0.477 e. The lowest BCUT2D eigenvalue weighted by Gasteiger charge is -2.03. The minimum absolute atomic E-state index is 0.0504. The first-order valence-corrected chi connectivity index (χ1v) is 4.72. The van der Waals surface area contributed by atoms with Crippen LogP contribution in [0, 0.1) is 11.6 Å². The van der Waals surface area contributed by atoms with Gasteiger partial charge in [0, 0.05) is 17.3 Å². The monoisotopic (exact) mass is 235 g/mol. The molecule has 0 bridgehead atoms. The maximum absolute atomic E-state index is 13.4. The van der Waals surface area contributed by atoms with Crippen molar-refractivity contribution in [2.75, 3.05) is 0 Å². The van der Waals surface area contributed by atoms with Crippen molar-refractivity contribution in [1.29, 1.82) is 0 Å². The molecule has 0 aliphatic rings. The molecular formula is C12H7F2NO2. The fourth-order valence-electron chi connectivity index (χ4n) is 1.40. The molecule has 1 aromatic carbocycles. The Morgan fingerprint density at radius 2 is 1.94 bits per heavy atom.